The van der Waals surface area contributed by atoms with E-state index >= 15 is 0 Å². The molecule has 1 aromatic heterocycles. The minimum Gasteiger partial charge on any atom is -0.288 e. The molecule has 0 fully saturated rings. The van der Waals surface area contributed by atoms with Crippen LogP contribution in [-0.2, 0) is 0 Å². The minimum atomic E-state index is -1.04. The molecule has 0 aliphatic heterocycles. The number of carbonyl (C=O) groups excluding carboxylic acids is 1. The fraction of sp³-hybridized carbons (Fsp3) is 0. The molecule has 2 aromatic rings. The predicted octanol–water partition coefficient (Wildman–Crippen LogP) is 4.67. The topological polar surface area (TPSA) is 17.1 Å². The van der Waals surface area contributed by atoms with Crippen molar-refractivity contribution in [2.24, 2.45) is 0 Å². The van der Waals surface area contributed by atoms with Crippen molar-refractivity contribution in [1.29, 1.82) is 0 Å². The maximum Gasteiger partial charge on any atom is 0.203 e. The lowest BCUT2D eigenvalue weighted by Crippen LogP contribution is -2.00. The van der Waals surface area contributed by atoms with Gasteiger partial charge in [0.2, 0.25) is 5.78 Å². The smallest absolute Gasteiger partial charge is 0.203 e. The Morgan fingerprint density at radius 2 is 1.94 bits per heavy atom. The summed E-state index contributed by atoms with van der Waals surface area (Å²) in [7, 11) is 0. The van der Waals surface area contributed by atoms with Crippen LogP contribution >= 0.6 is 38.9 Å². The molecule has 1 nitrogen and oxygen atoms in total. The largest absolute Gasteiger partial charge is 0.288 e. The highest BCUT2D eigenvalue weighted by molar-refractivity contribution is 9.10. The number of halogens is 4. The summed E-state index contributed by atoms with van der Waals surface area (Å²) < 4.78 is 26.7. The monoisotopic (exact) mass is 336 g/mol. The molecule has 0 unspecified atom stereocenters. The second kappa shape index (κ2) is 4.84. The molecule has 6 heteroatoms. The van der Waals surface area contributed by atoms with Crippen LogP contribution in [-0.4, -0.2) is 5.78 Å². The van der Waals surface area contributed by atoms with Crippen LogP contribution in [0.3, 0.4) is 0 Å². The van der Waals surface area contributed by atoms with Gasteiger partial charge in [-0.15, -0.1) is 11.3 Å². The molecule has 0 aliphatic rings. The number of ketones is 1. The van der Waals surface area contributed by atoms with Crippen LogP contribution < -0.4 is 0 Å². The Morgan fingerprint density at radius 3 is 2.47 bits per heavy atom. The molecule has 0 spiro atoms. The maximum atomic E-state index is 13.0. The van der Waals surface area contributed by atoms with Crippen molar-refractivity contribution < 1.29 is 13.6 Å². The third-order valence-corrected chi connectivity index (χ3v) is 4.52. The Kier molecular flexibility index (Phi) is 3.61. The second-order valence-electron chi connectivity index (χ2n) is 3.19. The zero-order chi connectivity index (χ0) is 12.6. The quantitative estimate of drug-likeness (QED) is 0.728. The molecule has 1 heterocycles. The number of rotatable bonds is 2. The Hall–Kier alpha value is -0.780. The molecule has 0 bridgehead atoms. The summed E-state index contributed by atoms with van der Waals surface area (Å²) in [6.45, 7) is 0. The third-order valence-electron chi connectivity index (χ3n) is 2.05. The zero-order valence-electron chi connectivity index (χ0n) is 8.14. The first kappa shape index (κ1) is 12.7. The molecule has 0 amide bonds. The number of benzene rings is 1. The van der Waals surface area contributed by atoms with Gasteiger partial charge in [-0.25, -0.2) is 8.78 Å². The molecule has 1 aromatic carbocycles. The predicted molar refractivity (Wildman–Crippen MR) is 66.8 cm³/mol. The van der Waals surface area contributed by atoms with Gasteiger partial charge in [0.1, 0.15) is 4.34 Å². The molecule has 88 valence electrons. The first-order chi connectivity index (χ1) is 7.99. The van der Waals surface area contributed by atoms with E-state index in [9.17, 15) is 13.6 Å². The highest BCUT2D eigenvalue weighted by Crippen LogP contribution is 2.33. The lowest BCUT2D eigenvalue weighted by atomic mass is 10.1. The van der Waals surface area contributed by atoms with Crippen molar-refractivity contribution in [3.05, 3.63) is 55.1 Å². The number of hydrogen-bond donors (Lipinski definition) is 0. The SMILES string of the molecule is O=C(c1ccc(F)c(F)c1)c1cc(Br)c(Cl)s1. The van der Waals surface area contributed by atoms with Crippen LogP contribution in [0.4, 0.5) is 8.78 Å². The van der Waals surface area contributed by atoms with E-state index in [1.807, 2.05) is 0 Å². The lowest BCUT2D eigenvalue weighted by molar-refractivity contribution is 0.104. The molecular weight excluding hydrogens is 334 g/mol. The highest BCUT2D eigenvalue weighted by Gasteiger charge is 2.15. The Morgan fingerprint density at radius 1 is 1.24 bits per heavy atom. The van der Waals surface area contributed by atoms with E-state index in [2.05, 4.69) is 15.9 Å². The fourth-order valence-corrected chi connectivity index (χ4v) is 2.90. The van der Waals surface area contributed by atoms with Gasteiger partial charge < -0.3 is 0 Å². The van der Waals surface area contributed by atoms with Gasteiger partial charge in [-0.05, 0) is 40.2 Å². The summed E-state index contributed by atoms with van der Waals surface area (Å²) in [6.07, 6.45) is 0. The van der Waals surface area contributed by atoms with Gasteiger partial charge in [0.05, 0.1) is 4.88 Å². The maximum absolute atomic E-state index is 13.0. The number of carbonyl (C=O) groups is 1. The molecule has 0 atom stereocenters. The van der Waals surface area contributed by atoms with Crippen LogP contribution in [0.25, 0.3) is 0 Å². The van der Waals surface area contributed by atoms with Gasteiger partial charge in [0.25, 0.3) is 0 Å². The van der Waals surface area contributed by atoms with E-state index in [4.69, 9.17) is 11.6 Å². The molecular formula is C11H4BrClF2OS. The third kappa shape index (κ3) is 2.56. The first-order valence-electron chi connectivity index (χ1n) is 4.43. The van der Waals surface area contributed by atoms with Gasteiger partial charge in [0, 0.05) is 10.0 Å². The van der Waals surface area contributed by atoms with Gasteiger partial charge in [0.15, 0.2) is 11.6 Å². The van der Waals surface area contributed by atoms with Crippen molar-refractivity contribution in [2.75, 3.05) is 0 Å². The van der Waals surface area contributed by atoms with Gasteiger partial charge >= 0.3 is 0 Å². The van der Waals surface area contributed by atoms with E-state index in [0.29, 0.717) is 13.7 Å². The average Bonchev–Trinajstić information content (AvgIpc) is 2.62. The van der Waals surface area contributed by atoms with Crippen LogP contribution in [0.1, 0.15) is 15.2 Å². The summed E-state index contributed by atoms with van der Waals surface area (Å²) >= 11 is 10.1. The standard InChI is InChI=1S/C11H4BrClF2OS/c12-6-4-9(17-11(6)13)10(16)5-1-2-7(14)8(15)3-5/h1-4H. The summed E-state index contributed by atoms with van der Waals surface area (Å²) in [5, 5.41) is 0. The molecule has 0 saturated carbocycles. The zero-order valence-corrected chi connectivity index (χ0v) is 11.3. The first-order valence-corrected chi connectivity index (χ1v) is 6.42. The molecule has 0 radical (unpaired) electrons. The van der Waals surface area contributed by atoms with Crippen LogP contribution in [0.5, 0.6) is 0 Å². The Bertz CT molecular complexity index is 578. The number of thiophene rings is 1. The van der Waals surface area contributed by atoms with E-state index in [1.54, 1.807) is 6.07 Å². The van der Waals surface area contributed by atoms with Gasteiger partial charge in [-0.2, -0.15) is 0 Å². The van der Waals surface area contributed by atoms with E-state index < -0.39 is 11.6 Å². The van der Waals surface area contributed by atoms with E-state index in [-0.39, 0.29) is 11.3 Å². The van der Waals surface area contributed by atoms with Gasteiger partial charge in [-0.3, -0.25) is 4.79 Å². The molecule has 2 rings (SSSR count). The molecule has 0 aliphatic carbocycles. The highest BCUT2D eigenvalue weighted by atomic mass is 79.9. The number of hydrogen-bond acceptors (Lipinski definition) is 2. The summed E-state index contributed by atoms with van der Waals surface area (Å²) in [5.41, 5.74) is 0.0920. The molecule has 0 saturated heterocycles. The van der Waals surface area contributed by atoms with Crippen LogP contribution in [0.2, 0.25) is 4.34 Å². The van der Waals surface area contributed by atoms with Crippen LogP contribution in [0.15, 0.2) is 28.7 Å². The van der Waals surface area contributed by atoms with Crippen molar-refractivity contribution in [3.8, 4) is 0 Å². The van der Waals surface area contributed by atoms with E-state index in [0.717, 1.165) is 23.5 Å². The van der Waals surface area contributed by atoms with Crippen molar-refractivity contribution in [2.45, 2.75) is 0 Å². The minimum absolute atomic E-state index is 0.0920. The molecule has 17 heavy (non-hydrogen) atoms. The van der Waals surface area contributed by atoms with Crippen molar-refractivity contribution in [3.63, 3.8) is 0 Å². The van der Waals surface area contributed by atoms with Crippen molar-refractivity contribution >= 4 is 44.7 Å². The van der Waals surface area contributed by atoms with Crippen LogP contribution in [0, 0.1) is 11.6 Å². The summed E-state index contributed by atoms with van der Waals surface area (Å²) in [6, 6.07) is 4.59. The average molecular weight is 338 g/mol. The Balaban J connectivity index is 2.40. The van der Waals surface area contributed by atoms with E-state index in [1.165, 1.54) is 6.07 Å². The van der Waals surface area contributed by atoms with Gasteiger partial charge in [-0.1, -0.05) is 11.6 Å². The molecule has 0 N–H and O–H groups in total. The fourth-order valence-electron chi connectivity index (χ4n) is 1.24. The lowest BCUT2D eigenvalue weighted by Gasteiger charge is -1.98. The second-order valence-corrected chi connectivity index (χ2v) is 5.70. The van der Waals surface area contributed by atoms with Crippen molar-refractivity contribution in [1.82, 2.24) is 0 Å². The Labute approximate surface area is 113 Å². The normalized spacial score (nSPS) is 10.6. The summed E-state index contributed by atoms with van der Waals surface area (Å²) in [5.74, 6) is -2.41. The summed E-state index contributed by atoms with van der Waals surface area (Å²) in [4.78, 5) is 12.3.